The standard InChI is InChI=1S/C11H18N4O2/c1-14(8-9-7-12-4-6-17-9)11(16)10-3-5-15(2)13-10/h3,5,9,12H,4,6-8H2,1-2H3. The summed E-state index contributed by atoms with van der Waals surface area (Å²) in [4.78, 5) is 13.7. The van der Waals surface area contributed by atoms with Gasteiger partial charge in [0, 0.05) is 39.9 Å². The molecule has 0 radical (unpaired) electrons. The molecule has 0 spiro atoms. The summed E-state index contributed by atoms with van der Waals surface area (Å²) < 4.78 is 7.18. The molecule has 1 atom stereocenters. The summed E-state index contributed by atoms with van der Waals surface area (Å²) >= 11 is 0. The molecule has 94 valence electrons. The molecule has 0 aliphatic carbocycles. The van der Waals surface area contributed by atoms with Gasteiger partial charge in [-0.2, -0.15) is 5.10 Å². The van der Waals surface area contributed by atoms with Crippen molar-refractivity contribution < 1.29 is 9.53 Å². The number of hydrogen-bond donors (Lipinski definition) is 1. The Labute approximate surface area is 101 Å². The van der Waals surface area contributed by atoms with Gasteiger partial charge < -0.3 is 15.0 Å². The normalized spacial score (nSPS) is 20.2. The maximum absolute atomic E-state index is 12.0. The minimum Gasteiger partial charge on any atom is -0.374 e. The lowest BCUT2D eigenvalue weighted by molar-refractivity contribution is 0.0102. The van der Waals surface area contributed by atoms with Gasteiger partial charge in [-0.05, 0) is 6.07 Å². The number of likely N-dealkylation sites (N-methyl/N-ethyl adjacent to an activating group) is 1. The largest absolute Gasteiger partial charge is 0.374 e. The molecule has 1 aliphatic heterocycles. The zero-order valence-electron chi connectivity index (χ0n) is 10.2. The molecule has 17 heavy (non-hydrogen) atoms. The van der Waals surface area contributed by atoms with E-state index in [-0.39, 0.29) is 12.0 Å². The maximum Gasteiger partial charge on any atom is 0.274 e. The third kappa shape index (κ3) is 3.04. The van der Waals surface area contributed by atoms with Crippen LogP contribution in [0.15, 0.2) is 12.3 Å². The van der Waals surface area contributed by atoms with Gasteiger partial charge in [-0.15, -0.1) is 0 Å². The van der Waals surface area contributed by atoms with E-state index in [4.69, 9.17) is 4.74 Å². The topological polar surface area (TPSA) is 59.4 Å². The zero-order chi connectivity index (χ0) is 12.3. The molecule has 6 nitrogen and oxygen atoms in total. The molecular formula is C11H18N4O2. The van der Waals surface area contributed by atoms with Gasteiger partial charge in [-0.25, -0.2) is 0 Å². The Hall–Kier alpha value is -1.40. The van der Waals surface area contributed by atoms with Crippen LogP contribution in [0.3, 0.4) is 0 Å². The highest BCUT2D eigenvalue weighted by molar-refractivity contribution is 5.92. The summed E-state index contributed by atoms with van der Waals surface area (Å²) in [6, 6.07) is 1.72. The Kier molecular flexibility index (Phi) is 3.75. The van der Waals surface area contributed by atoms with Crippen LogP contribution in [0.4, 0.5) is 0 Å². The first kappa shape index (κ1) is 12.1. The van der Waals surface area contributed by atoms with E-state index in [2.05, 4.69) is 10.4 Å². The van der Waals surface area contributed by atoms with Crippen molar-refractivity contribution in [1.82, 2.24) is 20.0 Å². The third-order valence-electron chi connectivity index (χ3n) is 2.76. The minimum absolute atomic E-state index is 0.0697. The van der Waals surface area contributed by atoms with Crippen molar-refractivity contribution >= 4 is 5.91 Å². The van der Waals surface area contributed by atoms with Crippen LogP contribution in [0.1, 0.15) is 10.5 Å². The van der Waals surface area contributed by atoms with Crippen LogP contribution in [0.5, 0.6) is 0 Å². The number of carbonyl (C=O) groups excluding carboxylic acids is 1. The molecule has 2 heterocycles. The van der Waals surface area contributed by atoms with Crippen LogP contribution >= 0.6 is 0 Å². The summed E-state index contributed by atoms with van der Waals surface area (Å²) in [7, 11) is 3.57. The highest BCUT2D eigenvalue weighted by atomic mass is 16.5. The lowest BCUT2D eigenvalue weighted by Gasteiger charge is -2.27. The number of amides is 1. The van der Waals surface area contributed by atoms with Crippen molar-refractivity contribution in [2.75, 3.05) is 33.3 Å². The van der Waals surface area contributed by atoms with Crippen LogP contribution in [-0.2, 0) is 11.8 Å². The molecule has 1 aromatic rings. The van der Waals surface area contributed by atoms with E-state index in [9.17, 15) is 4.79 Å². The quantitative estimate of drug-likeness (QED) is 0.770. The van der Waals surface area contributed by atoms with Crippen LogP contribution in [-0.4, -0.2) is 60.0 Å². The molecule has 1 amide bonds. The van der Waals surface area contributed by atoms with Gasteiger partial charge in [-0.3, -0.25) is 9.48 Å². The highest BCUT2D eigenvalue weighted by Gasteiger charge is 2.20. The molecule has 0 saturated carbocycles. The van der Waals surface area contributed by atoms with Crippen LogP contribution in [0.25, 0.3) is 0 Å². The Bertz CT molecular complexity index is 385. The van der Waals surface area contributed by atoms with Crippen molar-refractivity contribution in [1.29, 1.82) is 0 Å². The second-order valence-corrected chi connectivity index (χ2v) is 4.26. The van der Waals surface area contributed by atoms with Crippen LogP contribution in [0, 0.1) is 0 Å². The van der Waals surface area contributed by atoms with Crippen LogP contribution in [0.2, 0.25) is 0 Å². The third-order valence-corrected chi connectivity index (χ3v) is 2.76. The first-order valence-corrected chi connectivity index (χ1v) is 5.74. The predicted molar refractivity (Wildman–Crippen MR) is 62.8 cm³/mol. The molecule has 1 fully saturated rings. The second kappa shape index (κ2) is 5.29. The molecule has 0 bridgehead atoms. The number of rotatable bonds is 3. The fourth-order valence-corrected chi connectivity index (χ4v) is 1.85. The Morgan fingerprint density at radius 1 is 1.76 bits per heavy atom. The molecule has 0 aromatic carbocycles. The highest BCUT2D eigenvalue weighted by Crippen LogP contribution is 2.03. The molecule has 1 unspecified atom stereocenters. The van der Waals surface area contributed by atoms with E-state index < -0.39 is 0 Å². The predicted octanol–water partition coefficient (Wildman–Crippen LogP) is -0.519. The van der Waals surface area contributed by atoms with Gasteiger partial charge in [0.05, 0.1) is 12.7 Å². The number of ether oxygens (including phenoxy) is 1. The Balaban J connectivity index is 1.90. The van der Waals surface area contributed by atoms with Crippen molar-refractivity contribution in [3.05, 3.63) is 18.0 Å². The molecule has 1 aliphatic rings. The van der Waals surface area contributed by atoms with E-state index in [0.717, 1.165) is 13.1 Å². The Morgan fingerprint density at radius 3 is 3.18 bits per heavy atom. The number of nitrogens with one attached hydrogen (secondary N) is 1. The van der Waals surface area contributed by atoms with E-state index in [1.807, 2.05) is 0 Å². The van der Waals surface area contributed by atoms with E-state index in [0.29, 0.717) is 18.8 Å². The van der Waals surface area contributed by atoms with Gasteiger partial charge in [0.2, 0.25) is 0 Å². The first-order chi connectivity index (χ1) is 8.16. The molecule has 1 aromatic heterocycles. The summed E-state index contributed by atoms with van der Waals surface area (Å²) in [5, 5.41) is 7.33. The molecule has 1 saturated heterocycles. The molecule has 6 heteroatoms. The number of morpholine rings is 1. The van der Waals surface area contributed by atoms with Crippen molar-refractivity contribution in [3.63, 3.8) is 0 Å². The molecule has 1 N–H and O–H groups in total. The SMILES string of the molecule is CN(CC1CNCCO1)C(=O)c1ccn(C)n1. The average Bonchev–Trinajstić information content (AvgIpc) is 2.76. The number of carbonyl (C=O) groups is 1. The smallest absolute Gasteiger partial charge is 0.274 e. The first-order valence-electron chi connectivity index (χ1n) is 5.74. The van der Waals surface area contributed by atoms with Crippen molar-refractivity contribution in [2.45, 2.75) is 6.10 Å². The zero-order valence-corrected chi connectivity index (χ0v) is 10.2. The lowest BCUT2D eigenvalue weighted by Crippen LogP contribution is -2.45. The second-order valence-electron chi connectivity index (χ2n) is 4.26. The van der Waals surface area contributed by atoms with Crippen LogP contribution < -0.4 is 5.32 Å². The summed E-state index contributed by atoms with van der Waals surface area (Å²) in [6.45, 7) is 2.97. The summed E-state index contributed by atoms with van der Waals surface area (Å²) in [6.07, 6.45) is 1.83. The number of aryl methyl sites for hydroxylation is 1. The van der Waals surface area contributed by atoms with Gasteiger partial charge in [0.1, 0.15) is 5.69 Å². The maximum atomic E-state index is 12.0. The number of nitrogens with zero attached hydrogens (tertiary/aromatic N) is 3. The number of aromatic nitrogens is 2. The lowest BCUT2D eigenvalue weighted by atomic mass is 10.2. The van der Waals surface area contributed by atoms with Gasteiger partial charge in [-0.1, -0.05) is 0 Å². The fourth-order valence-electron chi connectivity index (χ4n) is 1.85. The monoisotopic (exact) mass is 238 g/mol. The minimum atomic E-state index is -0.0697. The molecular weight excluding hydrogens is 220 g/mol. The number of hydrogen-bond acceptors (Lipinski definition) is 4. The summed E-state index contributed by atoms with van der Waals surface area (Å²) in [5.74, 6) is -0.0697. The van der Waals surface area contributed by atoms with Gasteiger partial charge in [0.15, 0.2) is 0 Å². The van der Waals surface area contributed by atoms with E-state index in [1.54, 1.807) is 35.9 Å². The van der Waals surface area contributed by atoms with Crippen molar-refractivity contribution in [3.8, 4) is 0 Å². The van der Waals surface area contributed by atoms with Gasteiger partial charge >= 0.3 is 0 Å². The Morgan fingerprint density at radius 2 is 2.59 bits per heavy atom. The summed E-state index contributed by atoms with van der Waals surface area (Å²) in [5.41, 5.74) is 0.471. The van der Waals surface area contributed by atoms with Gasteiger partial charge in [0.25, 0.3) is 5.91 Å². The average molecular weight is 238 g/mol. The molecule has 2 rings (SSSR count). The fraction of sp³-hybridized carbons (Fsp3) is 0.636. The van der Waals surface area contributed by atoms with E-state index in [1.165, 1.54) is 0 Å². The van der Waals surface area contributed by atoms with E-state index >= 15 is 0 Å². The van der Waals surface area contributed by atoms with Crippen molar-refractivity contribution in [2.24, 2.45) is 7.05 Å².